The molecule has 0 saturated heterocycles. The van der Waals surface area contributed by atoms with Crippen molar-refractivity contribution in [3.63, 3.8) is 0 Å². The van der Waals surface area contributed by atoms with Crippen LogP contribution >= 0.6 is 0 Å². The molecule has 0 aromatic heterocycles. The highest BCUT2D eigenvalue weighted by Crippen LogP contribution is 2.29. The highest BCUT2D eigenvalue weighted by molar-refractivity contribution is 6.12. The number of hydrogen-bond donors (Lipinski definition) is 0. The summed E-state index contributed by atoms with van der Waals surface area (Å²) in [5, 5.41) is 0. The summed E-state index contributed by atoms with van der Waals surface area (Å²) in [6.45, 7) is 1.88. The van der Waals surface area contributed by atoms with Crippen LogP contribution in [0.5, 0.6) is 5.75 Å². The topological polar surface area (TPSA) is 52.6 Å². The van der Waals surface area contributed by atoms with Crippen LogP contribution in [0, 0.1) is 0 Å². The van der Waals surface area contributed by atoms with Crippen molar-refractivity contribution < 1.29 is 19.1 Å². The molecule has 0 unspecified atom stereocenters. The van der Waals surface area contributed by atoms with Crippen molar-refractivity contribution in [1.29, 1.82) is 0 Å². The van der Waals surface area contributed by atoms with E-state index in [1.54, 1.807) is 24.3 Å². The molecule has 0 aliphatic carbocycles. The Hall–Kier alpha value is -2.62. The molecule has 0 atom stereocenters. The van der Waals surface area contributed by atoms with Gasteiger partial charge in [0, 0.05) is 18.1 Å². The molecule has 2 aromatic rings. The predicted octanol–water partition coefficient (Wildman–Crippen LogP) is 2.87. The van der Waals surface area contributed by atoms with E-state index in [2.05, 4.69) is 0 Å². The number of ketones is 1. The van der Waals surface area contributed by atoms with E-state index >= 15 is 0 Å². The standard InChI is InChI=1S/C17H14O4/c1-11(18)20-9-12-6-7-16-15(8-12)17(19)14-5-3-2-4-13(14)10-21-16/h2-8H,9-10H2,1H3. The first kappa shape index (κ1) is 13.4. The molecule has 3 rings (SSSR count). The monoisotopic (exact) mass is 282 g/mol. The lowest BCUT2D eigenvalue weighted by Crippen LogP contribution is -2.04. The molecule has 4 heteroatoms. The van der Waals surface area contributed by atoms with Crippen molar-refractivity contribution >= 4 is 11.8 Å². The third-order valence-corrected chi connectivity index (χ3v) is 3.38. The van der Waals surface area contributed by atoms with Crippen molar-refractivity contribution in [3.05, 3.63) is 64.7 Å². The number of carbonyl (C=O) groups excluding carboxylic acids is 2. The molecule has 0 bridgehead atoms. The molecular formula is C17H14O4. The molecule has 0 saturated carbocycles. The number of fused-ring (bicyclic) bond motifs is 2. The second-order valence-electron chi connectivity index (χ2n) is 4.89. The minimum absolute atomic E-state index is 0.0669. The minimum Gasteiger partial charge on any atom is -0.488 e. The first-order valence-electron chi connectivity index (χ1n) is 6.67. The summed E-state index contributed by atoms with van der Waals surface area (Å²) in [6, 6.07) is 12.7. The predicted molar refractivity (Wildman–Crippen MR) is 76.1 cm³/mol. The number of rotatable bonds is 2. The molecule has 1 aliphatic heterocycles. The molecule has 4 nitrogen and oxygen atoms in total. The van der Waals surface area contributed by atoms with Gasteiger partial charge in [-0.3, -0.25) is 9.59 Å². The first-order valence-corrected chi connectivity index (χ1v) is 6.67. The van der Waals surface area contributed by atoms with Crippen LogP contribution in [0.2, 0.25) is 0 Å². The van der Waals surface area contributed by atoms with Crippen molar-refractivity contribution in [3.8, 4) is 5.75 Å². The Balaban J connectivity index is 1.98. The normalized spacial score (nSPS) is 12.7. The second-order valence-corrected chi connectivity index (χ2v) is 4.89. The third-order valence-electron chi connectivity index (χ3n) is 3.38. The molecule has 1 aliphatic rings. The minimum atomic E-state index is -0.349. The van der Waals surface area contributed by atoms with E-state index in [1.807, 2.05) is 18.2 Å². The van der Waals surface area contributed by atoms with Crippen LogP contribution in [0.25, 0.3) is 0 Å². The van der Waals surface area contributed by atoms with Crippen LogP contribution < -0.4 is 4.74 Å². The van der Waals surface area contributed by atoms with Crippen LogP contribution in [0.4, 0.5) is 0 Å². The van der Waals surface area contributed by atoms with Crippen LogP contribution in [-0.2, 0) is 22.7 Å². The highest BCUT2D eigenvalue weighted by Gasteiger charge is 2.22. The Labute approximate surface area is 122 Å². The first-order chi connectivity index (χ1) is 10.1. The molecule has 2 aromatic carbocycles. The zero-order valence-corrected chi connectivity index (χ0v) is 11.6. The molecule has 0 spiro atoms. The van der Waals surface area contributed by atoms with Crippen molar-refractivity contribution in [2.45, 2.75) is 20.1 Å². The van der Waals surface area contributed by atoms with E-state index in [9.17, 15) is 9.59 Å². The van der Waals surface area contributed by atoms with Gasteiger partial charge in [0.15, 0.2) is 5.78 Å². The molecule has 0 radical (unpaired) electrons. The summed E-state index contributed by atoms with van der Waals surface area (Å²) >= 11 is 0. The molecule has 0 fully saturated rings. The Kier molecular flexibility index (Phi) is 3.44. The summed E-state index contributed by atoms with van der Waals surface area (Å²) in [5.41, 5.74) is 2.80. The second kappa shape index (κ2) is 5.40. The van der Waals surface area contributed by atoms with Crippen molar-refractivity contribution in [1.82, 2.24) is 0 Å². The average molecular weight is 282 g/mol. The summed E-state index contributed by atoms with van der Waals surface area (Å²) in [4.78, 5) is 23.5. The average Bonchev–Trinajstić information content (AvgIpc) is 2.63. The van der Waals surface area contributed by atoms with Gasteiger partial charge >= 0.3 is 5.97 Å². The zero-order valence-electron chi connectivity index (χ0n) is 11.6. The molecule has 0 N–H and O–H groups in total. The molecular weight excluding hydrogens is 268 g/mol. The van der Waals surface area contributed by atoms with Crippen LogP contribution in [0.1, 0.15) is 34.0 Å². The lowest BCUT2D eigenvalue weighted by molar-refractivity contribution is -0.142. The van der Waals surface area contributed by atoms with Gasteiger partial charge < -0.3 is 9.47 Å². The van der Waals surface area contributed by atoms with Gasteiger partial charge in [-0.05, 0) is 17.7 Å². The summed E-state index contributed by atoms with van der Waals surface area (Å²) in [7, 11) is 0. The van der Waals surface area contributed by atoms with Crippen molar-refractivity contribution in [2.75, 3.05) is 0 Å². The Morgan fingerprint density at radius 1 is 1.19 bits per heavy atom. The molecule has 106 valence electrons. The molecule has 21 heavy (non-hydrogen) atoms. The Morgan fingerprint density at radius 2 is 2.00 bits per heavy atom. The van der Waals surface area contributed by atoms with Gasteiger partial charge in [-0.1, -0.05) is 30.3 Å². The molecule has 1 heterocycles. The lowest BCUT2D eigenvalue weighted by Gasteiger charge is -2.08. The van der Waals surface area contributed by atoms with Crippen molar-refractivity contribution in [2.24, 2.45) is 0 Å². The summed E-state index contributed by atoms with van der Waals surface area (Å²) in [6.07, 6.45) is 0. The number of benzene rings is 2. The number of carbonyl (C=O) groups is 2. The SMILES string of the molecule is CC(=O)OCc1ccc2c(c1)C(=O)c1ccccc1CO2. The van der Waals surface area contributed by atoms with E-state index in [4.69, 9.17) is 9.47 Å². The maximum absolute atomic E-state index is 12.6. The van der Waals surface area contributed by atoms with Gasteiger partial charge in [0.2, 0.25) is 0 Å². The van der Waals surface area contributed by atoms with Gasteiger partial charge in [-0.25, -0.2) is 0 Å². The highest BCUT2D eigenvalue weighted by atomic mass is 16.5. The fourth-order valence-corrected chi connectivity index (χ4v) is 2.32. The van der Waals surface area contributed by atoms with Crippen LogP contribution in [0.3, 0.4) is 0 Å². The van der Waals surface area contributed by atoms with Gasteiger partial charge in [0.1, 0.15) is 19.0 Å². The Morgan fingerprint density at radius 3 is 2.81 bits per heavy atom. The summed E-state index contributed by atoms with van der Waals surface area (Å²) in [5.74, 6) is 0.142. The van der Waals surface area contributed by atoms with E-state index in [-0.39, 0.29) is 18.4 Å². The van der Waals surface area contributed by atoms with E-state index < -0.39 is 0 Å². The third kappa shape index (κ3) is 2.65. The number of hydrogen-bond acceptors (Lipinski definition) is 4. The largest absolute Gasteiger partial charge is 0.488 e. The maximum Gasteiger partial charge on any atom is 0.302 e. The fourth-order valence-electron chi connectivity index (χ4n) is 2.32. The van der Waals surface area contributed by atoms with Crippen LogP contribution in [-0.4, -0.2) is 11.8 Å². The van der Waals surface area contributed by atoms with Gasteiger partial charge in [-0.15, -0.1) is 0 Å². The number of esters is 1. The lowest BCUT2D eigenvalue weighted by atomic mass is 9.98. The molecule has 0 amide bonds. The van der Waals surface area contributed by atoms with E-state index in [1.165, 1.54) is 6.92 Å². The quantitative estimate of drug-likeness (QED) is 0.795. The Bertz CT molecular complexity index is 718. The van der Waals surface area contributed by atoms with Gasteiger partial charge in [0.25, 0.3) is 0 Å². The van der Waals surface area contributed by atoms with Gasteiger partial charge in [-0.2, -0.15) is 0 Å². The maximum atomic E-state index is 12.6. The van der Waals surface area contributed by atoms with Crippen LogP contribution in [0.15, 0.2) is 42.5 Å². The summed E-state index contributed by atoms with van der Waals surface area (Å²) < 4.78 is 10.7. The van der Waals surface area contributed by atoms with Gasteiger partial charge in [0.05, 0.1) is 5.56 Å². The zero-order chi connectivity index (χ0) is 14.8. The fraction of sp³-hybridized carbons (Fsp3) is 0.176. The van der Waals surface area contributed by atoms with E-state index in [0.29, 0.717) is 23.5 Å². The smallest absolute Gasteiger partial charge is 0.302 e. The van der Waals surface area contributed by atoms with E-state index in [0.717, 1.165) is 11.1 Å². The number of ether oxygens (including phenoxy) is 2.